The number of hydrogen-bond acceptors (Lipinski definition) is 7. The predicted molar refractivity (Wildman–Crippen MR) is 147 cm³/mol. The van der Waals surface area contributed by atoms with Gasteiger partial charge in [0.1, 0.15) is 29.3 Å². The fourth-order valence-corrected chi connectivity index (χ4v) is 4.49. The van der Waals surface area contributed by atoms with E-state index < -0.39 is 23.1 Å². The summed E-state index contributed by atoms with van der Waals surface area (Å²) in [6.45, 7) is 13.8. The SMILES string of the molecule is CC(=O)Oc1cccc(OCc2cccc(C[C@H](C(=O)OC(C)(C)C)[C@H]3CCN(C(=O)OC(C)(C)C)C3)c2)c1. The third kappa shape index (κ3) is 9.93. The van der Waals surface area contributed by atoms with Gasteiger partial charge in [-0.1, -0.05) is 30.3 Å². The lowest BCUT2D eigenvalue weighted by Gasteiger charge is -2.28. The normalized spacial score (nSPS) is 16.4. The monoisotopic (exact) mass is 539 g/mol. The Balaban J connectivity index is 1.71. The molecule has 0 unspecified atom stereocenters. The molecule has 0 aromatic heterocycles. The Morgan fingerprint density at radius 1 is 0.897 bits per heavy atom. The van der Waals surface area contributed by atoms with Gasteiger partial charge in [-0.3, -0.25) is 9.59 Å². The van der Waals surface area contributed by atoms with E-state index in [1.54, 1.807) is 29.2 Å². The van der Waals surface area contributed by atoms with Crippen LogP contribution in [0.2, 0.25) is 0 Å². The Morgan fingerprint density at radius 3 is 2.21 bits per heavy atom. The van der Waals surface area contributed by atoms with Crippen LogP contribution >= 0.6 is 0 Å². The first-order valence-corrected chi connectivity index (χ1v) is 13.4. The molecule has 2 atom stereocenters. The molecule has 1 saturated heterocycles. The van der Waals surface area contributed by atoms with Gasteiger partial charge in [0.05, 0.1) is 5.92 Å². The van der Waals surface area contributed by atoms with Crippen molar-refractivity contribution in [2.45, 2.75) is 79.1 Å². The van der Waals surface area contributed by atoms with E-state index in [0.29, 0.717) is 44.0 Å². The van der Waals surface area contributed by atoms with Gasteiger partial charge in [-0.15, -0.1) is 0 Å². The molecule has 8 heteroatoms. The number of likely N-dealkylation sites (tertiary alicyclic amines) is 1. The van der Waals surface area contributed by atoms with Gasteiger partial charge in [-0.05, 0) is 83.6 Å². The number of esters is 2. The molecule has 1 heterocycles. The average molecular weight is 540 g/mol. The van der Waals surface area contributed by atoms with Crippen LogP contribution in [-0.4, -0.2) is 47.2 Å². The predicted octanol–water partition coefficient (Wildman–Crippen LogP) is 5.95. The molecule has 0 aliphatic carbocycles. The fraction of sp³-hybridized carbons (Fsp3) is 0.516. The Labute approximate surface area is 231 Å². The van der Waals surface area contributed by atoms with Crippen LogP contribution in [0.15, 0.2) is 48.5 Å². The van der Waals surface area contributed by atoms with Crippen LogP contribution < -0.4 is 9.47 Å². The summed E-state index contributed by atoms with van der Waals surface area (Å²) in [5.41, 5.74) is 0.727. The summed E-state index contributed by atoms with van der Waals surface area (Å²) in [6.07, 6.45) is 0.826. The molecule has 8 nitrogen and oxygen atoms in total. The van der Waals surface area contributed by atoms with Gasteiger partial charge in [0.15, 0.2) is 0 Å². The maximum atomic E-state index is 13.3. The van der Waals surface area contributed by atoms with Crippen molar-refractivity contribution < 1.29 is 33.3 Å². The van der Waals surface area contributed by atoms with Crippen molar-refractivity contribution >= 4 is 18.0 Å². The largest absolute Gasteiger partial charge is 0.489 e. The molecule has 1 aliphatic rings. The maximum Gasteiger partial charge on any atom is 0.410 e. The van der Waals surface area contributed by atoms with E-state index in [-0.39, 0.29) is 18.0 Å². The van der Waals surface area contributed by atoms with E-state index in [9.17, 15) is 14.4 Å². The number of nitrogens with zero attached hydrogens (tertiary/aromatic N) is 1. The van der Waals surface area contributed by atoms with E-state index in [2.05, 4.69) is 0 Å². The number of ether oxygens (including phenoxy) is 4. The Morgan fingerprint density at radius 2 is 1.54 bits per heavy atom. The van der Waals surface area contributed by atoms with E-state index >= 15 is 0 Å². The van der Waals surface area contributed by atoms with Crippen LogP contribution in [-0.2, 0) is 32.1 Å². The topological polar surface area (TPSA) is 91.4 Å². The highest BCUT2D eigenvalue weighted by Gasteiger charge is 2.39. The minimum atomic E-state index is -0.616. The summed E-state index contributed by atoms with van der Waals surface area (Å²) >= 11 is 0. The van der Waals surface area contributed by atoms with Crippen molar-refractivity contribution in [3.8, 4) is 11.5 Å². The molecular weight excluding hydrogens is 498 g/mol. The molecule has 1 aliphatic heterocycles. The van der Waals surface area contributed by atoms with E-state index in [1.165, 1.54) is 6.92 Å². The first-order valence-electron chi connectivity index (χ1n) is 13.4. The Hall–Kier alpha value is -3.55. The summed E-state index contributed by atoms with van der Waals surface area (Å²) in [7, 11) is 0. The lowest BCUT2D eigenvalue weighted by Crippen LogP contribution is -2.38. The third-order valence-electron chi connectivity index (χ3n) is 6.07. The standard InChI is InChI=1S/C31H41NO7/c1-21(33)37-26-13-9-12-25(18-26)36-20-23-11-8-10-22(16-23)17-27(28(34)38-30(2,3)4)24-14-15-32(19-24)29(35)39-31(5,6)7/h8-13,16,18,24,27H,14-15,17,19-20H2,1-7H3/t24-,27-/m0/s1. The quantitative estimate of drug-likeness (QED) is 0.302. The first-order chi connectivity index (χ1) is 18.2. The van der Waals surface area contributed by atoms with Crippen LogP contribution in [0, 0.1) is 11.8 Å². The van der Waals surface area contributed by atoms with Gasteiger partial charge in [0.2, 0.25) is 0 Å². The lowest BCUT2D eigenvalue weighted by atomic mass is 9.85. The van der Waals surface area contributed by atoms with Crippen LogP contribution in [0.3, 0.4) is 0 Å². The number of benzene rings is 2. The number of carbonyl (C=O) groups is 3. The minimum absolute atomic E-state index is 0.0451. The molecule has 0 bridgehead atoms. The highest BCUT2D eigenvalue weighted by atomic mass is 16.6. The second kappa shape index (κ2) is 12.5. The van der Waals surface area contributed by atoms with Crippen LogP contribution in [0.4, 0.5) is 4.79 Å². The Bertz CT molecular complexity index is 1160. The number of amides is 1. The average Bonchev–Trinajstić information content (AvgIpc) is 3.29. The van der Waals surface area contributed by atoms with Gasteiger partial charge >= 0.3 is 18.0 Å². The van der Waals surface area contributed by atoms with Crippen LogP contribution in [0.25, 0.3) is 0 Å². The molecule has 2 aromatic carbocycles. The molecule has 1 amide bonds. The summed E-state index contributed by atoms with van der Waals surface area (Å²) in [4.78, 5) is 38.9. The first kappa shape index (κ1) is 30.0. The zero-order valence-corrected chi connectivity index (χ0v) is 24.1. The van der Waals surface area contributed by atoms with Crippen LogP contribution in [0.1, 0.15) is 66.0 Å². The van der Waals surface area contributed by atoms with E-state index in [1.807, 2.05) is 65.8 Å². The number of carbonyl (C=O) groups excluding carboxylic acids is 3. The maximum absolute atomic E-state index is 13.3. The van der Waals surface area contributed by atoms with Crippen molar-refractivity contribution in [2.75, 3.05) is 13.1 Å². The highest BCUT2D eigenvalue weighted by Crippen LogP contribution is 2.31. The van der Waals surface area contributed by atoms with Crippen molar-refractivity contribution in [2.24, 2.45) is 11.8 Å². The molecule has 0 saturated carbocycles. The van der Waals surface area contributed by atoms with Gasteiger partial charge in [-0.2, -0.15) is 0 Å². The zero-order chi connectivity index (χ0) is 28.8. The smallest absolute Gasteiger partial charge is 0.410 e. The lowest BCUT2D eigenvalue weighted by molar-refractivity contribution is -0.162. The van der Waals surface area contributed by atoms with Gasteiger partial charge in [-0.25, -0.2) is 4.79 Å². The van der Waals surface area contributed by atoms with Crippen LogP contribution in [0.5, 0.6) is 11.5 Å². The zero-order valence-electron chi connectivity index (χ0n) is 24.1. The van der Waals surface area contributed by atoms with Gasteiger partial charge in [0, 0.05) is 26.1 Å². The van der Waals surface area contributed by atoms with Crippen molar-refractivity contribution in [1.29, 1.82) is 0 Å². The molecule has 212 valence electrons. The second-order valence-electron chi connectivity index (χ2n) is 12.0. The molecular formula is C31H41NO7. The molecule has 3 rings (SSSR count). The summed E-state index contributed by atoms with van der Waals surface area (Å²) in [6, 6.07) is 14.8. The molecule has 0 spiro atoms. The fourth-order valence-electron chi connectivity index (χ4n) is 4.49. The number of rotatable bonds is 8. The highest BCUT2D eigenvalue weighted by molar-refractivity contribution is 5.74. The molecule has 2 aromatic rings. The number of hydrogen-bond donors (Lipinski definition) is 0. The van der Waals surface area contributed by atoms with Crippen molar-refractivity contribution in [3.05, 3.63) is 59.7 Å². The van der Waals surface area contributed by atoms with Crippen molar-refractivity contribution in [3.63, 3.8) is 0 Å². The summed E-state index contributed by atoms with van der Waals surface area (Å²) < 4.78 is 22.4. The molecule has 1 fully saturated rings. The third-order valence-corrected chi connectivity index (χ3v) is 6.07. The minimum Gasteiger partial charge on any atom is -0.489 e. The summed E-state index contributed by atoms with van der Waals surface area (Å²) in [5.74, 6) is -0.104. The summed E-state index contributed by atoms with van der Waals surface area (Å²) in [5, 5.41) is 0. The molecule has 39 heavy (non-hydrogen) atoms. The Kier molecular flexibility index (Phi) is 9.64. The van der Waals surface area contributed by atoms with Gasteiger partial charge in [0.25, 0.3) is 0 Å². The van der Waals surface area contributed by atoms with Gasteiger partial charge < -0.3 is 23.8 Å². The van der Waals surface area contributed by atoms with Crippen molar-refractivity contribution in [1.82, 2.24) is 4.90 Å². The van der Waals surface area contributed by atoms with E-state index in [0.717, 1.165) is 11.1 Å². The second-order valence-corrected chi connectivity index (χ2v) is 12.0. The molecule has 0 radical (unpaired) electrons. The van der Waals surface area contributed by atoms with E-state index in [4.69, 9.17) is 18.9 Å². The molecule has 0 N–H and O–H groups in total.